The Hall–Kier alpha value is -1.73. The summed E-state index contributed by atoms with van der Waals surface area (Å²) in [6, 6.07) is 7.71. The Morgan fingerprint density at radius 1 is 1.35 bits per heavy atom. The first-order chi connectivity index (χ1) is 9.69. The maximum atomic E-state index is 6.37. The molecule has 0 unspecified atom stereocenters. The SMILES string of the molecule is CCn1nnc(-c2cnn(-c3cccc(Br)c3)c2Cl)n1. The lowest BCUT2D eigenvalue weighted by molar-refractivity contribution is 0.553. The van der Waals surface area contributed by atoms with Crippen LogP contribution in [0.15, 0.2) is 34.9 Å². The van der Waals surface area contributed by atoms with E-state index in [2.05, 4.69) is 36.4 Å². The van der Waals surface area contributed by atoms with Gasteiger partial charge in [0, 0.05) is 4.47 Å². The van der Waals surface area contributed by atoms with Crippen molar-refractivity contribution < 1.29 is 0 Å². The van der Waals surface area contributed by atoms with Crippen LogP contribution in [0.2, 0.25) is 5.15 Å². The predicted molar refractivity (Wildman–Crippen MR) is 78.8 cm³/mol. The third-order valence-corrected chi connectivity index (χ3v) is 3.60. The van der Waals surface area contributed by atoms with Crippen molar-refractivity contribution in [3.8, 4) is 17.1 Å². The van der Waals surface area contributed by atoms with E-state index in [1.165, 1.54) is 4.80 Å². The van der Waals surface area contributed by atoms with Crippen molar-refractivity contribution >= 4 is 27.5 Å². The molecule has 102 valence electrons. The first-order valence-electron chi connectivity index (χ1n) is 5.96. The Balaban J connectivity index is 2.04. The molecule has 0 aliphatic carbocycles. The number of halogens is 2. The number of hydrogen-bond acceptors (Lipinski definition) is 4. The van der Waals surface area contributed by atoms with Gasteiger partial charge in [-0.1, -0.05) is 33.6 Å². The first kappa shape index (κ1) is 13.3. The topological polar surface area (TPSA) is 61.4 Å². The molecule has 0 fully saturated rings. The highest BCUT2D eigenvalue weighted by Crippen LogP contribution is 2.27. The van der Waals surface area contributed by atoms with Crippen molar-refractivity contribution in [2.75, 3.05) is 0 Å². The second kappa shape index (κ2) is 5.34. The second-order valence-electron chi connectivity index (χ2n) is 4.04. The zero-order chi connectivity index (χ0) is 14.1. The molecule has 3 aromatic rings. The summed E-state index contributed by atoms with van der Waals surface area (Å²) in [6.07, 6.45) is 1.64. The van der Waals surface area contributed by atoms with Gasteiger partial charge in [-0.15, -0.1) is 10.2 Å². The number of hydrogen-bond donors (Lipinski definition) is 0. The molecular formula is C12H10BrClN6. The molecule has 0 spiro atoms. The molecule has 0 radical (unpaired) electrons. The fourth-order valence-corrected chi connectivity index (χ4v) is 2.42. The third-order valence-electron chi connectivity index (χ3n) is 2.74. The average molecular weight is 354 g/mol. The first-order valence-corrected chi connectivity index (χ1v) is 7.13. The summed E-state index contributed by atoms with van der Waals surface area (Å²) in [5.74, 6) is 0.470. The zero-order valence-electron chi connectivity index (χ0n) is 10.5. The van der Waals surface area contributed by atoms with E-state index in [-0.39, 0.29) is 0 Å². The van der Waals surface area contributed by atoms with Crippen LogP contribution in [-0.2, 0) is 6.54 Å². The predicted octanol–water partition coefficient (Wildman–Crippen LogP) is 2.96. The molecule has 0 aliphatic heterocycles. The van der Waals surface area contributed by atoms with Crippen LogP contribution in [-0.4, -0.2) is 30.0 Å². The molecule has 0 amide bonds. The summed E-state index contributed by atoms with van der Waals surface area (Å²) in [7, 11) is 0. The number of tetrazole rings is 1. The molecule has 8 heteroatoms. The van der Waals surface area contributed by atoms with Crippen molar-refractivity contribution in [2.45, 2.75) is 13.5 Å². The molecule has 0 N–H and O–H groups in total. The summed E-state index contributed by atoms with van der Waals surface area (Å²) in [5.41, 5.74) is 1.52. The van der Waals surface area contributed by atoms with E-state index in [4.69, 9.17) is 11.6 Å². The summed E-state index contributed by atoms with van der Waals surface area (Å²) in [4.78, 5) is 1.50. The Kier molecular flexibility index (Phi) is 3.54. The van der Waals surface area contributed by atoms with Crippen molar-refractivity contribution in [1.29, 1.82) is 0 Å². The molecule has 0 saturated heterocycles. The Morgan fingerprint density at radius 3 is 2.90 bits per heavy atom. The number of aromatic nitrogens is 6. The van der Waals surface area contributed by atoms with Crippen LogP contribution in [0.5, 0.6) is 0 Å². The van der Waals surface area contributed by atoms with Gasteiger partial charge in [-0.3, -0.25) is 0 Å². The van der Waals surface area contributed by atoms with E-state index in [1.807, 2.05) is 31.2 Å². The van der Waals surface area contributed by atoms with Gasteiger partial charge in [0.15, 0.2) is 0 Å². The van der Waals surface area contributed by atoms with Crippen LogP contribution in [0.25, 0.3) is 17.1 Å². The molecule has 6 nitrogen and oxygen atoms in total. The number of nitrogens with zero attached hydrogens (tertiary/aromatic N) is 6. The van der Waals surface area contributed by atoms with Crippen LogP contribution >= 0.6 is 27.5 Å². The molecule has 3 rings (SSSR count). The molecule has 0 bridgehead atoms. The maximum Gasteiger partial charge on any atom is 0.209 e. The summed E-state index contributed by atoms with van der Waals surface area (Å²) in [5, 5.41) is 16.9. The standard InChI is InChI=1S/C12H10BrClN6/c1-2-19-17-12(16-18-19)10-7-15-20(11(10)14)9-5-3-4-8(13)6-9/h3-7H,2H2,1H3. The Labute approximate surface area is 128 Å². The van der Waals surface area contributed by atoms with Crippen LogP contribution < -0.4 is 0 Å². The summed E-state index contributed by atoms with van der Waals surface area (Å²) in [6.45, 7) is 2.60. The van der Waals surface area contributed by atoms with Crippen molar-refractivity contribution in [3.05, 3.63) is 40.1 Å². The van der Waals surface area contributed by atoms with Gasteiger partial charge in [0.05, 0.1) is 24.0 Å². The van der Waals surface area contributed by atoms with Gasteiger partial charge in [-0.2, -0.15) is 9.90 Å². The Bertz CT molecular complexity index is 750. The van der Waals surface area contributed by atoms with E-state index >= 15 is 0 Å². The minimum atomic E-state index is 0.457. The fraction of sp³-hybridized carbons (Fsp3) is 0.167. The molecule has 20 heavy (non-hydrogen) atoms. The highest BCUT2D eigenvalue weighted by Gasteiger charge is 2.16. The normalized spacial score (nSPS) is 10.9. The largest absolute Gasteiger partial charge is 0.221 e. The molecule has 0 aliphatic rings. The fourth-order valence-electron chi connectivity index (χ4n) is 1.76. The van der Waals surface area contributed by atoms with Crippen molar-refractivity contribution in [2.24, 2.45) is 0 Å². The van der Waals surface area contributed by atoms with Gasteiger partial charge in [-0.25, -0.2) is 4.68 Å². The van der Waals surface area contributed by atoms with Crippen LogP contribution in [0.1, 0.15) is 6.92 Å². The smallest absolute Gasteiger partial charge is 0.209 e. The molecule has 2 heterocycles. The maximum absolute atomic E-state index is 6.37. The highest BCUT2D eigenvalue weighted by atomic mass is 79.9. The zero-order valence-corrected chi connectivity index (χ0v) is 12.9. The quantitative estimate of drug-likeness (QED) is 0.726. The number of rotatable bonds is 3. The lowest BCUT2D eigenvalue weighted by Crippen LogP contribution is -1.98. The van der Waals surface area contributed by atoms with E-state index in [0.717, 1.165) is 10.2 Å². The summed E-state index contributed by atoms with van der Waals surface area (Å²) < 4.78 is 2.59. The molecule has 2 aromatic heterocycles. The van der Waals surface area contributed by atoms with Crippen molar-refractivity contribution in [3.63, 3.8) is 0 Å². The second-order valence-corrected chi connectivity index (χ2v) is 5.32. The van der Waals surface area contributed by atoms with Gasteiger partial charge in [-0.05, 0) is 30.3 Å². The monoisotopic (exact) mass is 352 g/mol. The van der Waals surface area contributed by atoms with Crippen LogP contribution in [0, 0.1) is 0 Å². The summed E-state index contributed by atoms with van der Waals surface area (Å²) >= 11 is 9.79. The third kappa shape index (κ3) is 2.34. The number of aryl methyl sites for hydroxylation is 1. The number of benzene rings is 1. The average Bonchev–Trinajstić information content (AvgIpc) is 3.04. The molecular weight excluding hydrogens is 344 g/mol. The van der Waals surface area contributed by atoms with E-state index in [9.17, 15) is 0 Å². The van der Waals surface area contributed by atoms with E-state index in [1.54, 1.807) is 10.9 Å². The van der Waals surface area contributed by atoms with Gasteiger partial charge in [0.1, 0.15) is 5.15 Å². The lowest BCUT2D eigenvalue weighted by Gasteiger charge is -2.03. The molecule has 0 saturated carbocycles. The highest BCUT2D eigenvalue weighted by molar-refractivity contribution is 9.10. The van der Waals surface area contributed by atoms with E-state index in [0.29, 0.717) is 23.1 Å². The minimum absolute atomic E-state index is 0.457. The Morgan fingerprint density at radius 2 is 2.20 bits per heavy atom. The van der Waals surface area contributed by atoms with Gasteiger partial charge in [0.25, 0.3) is 0 Å². The van der Waals surface area contributed by atoms with Gasteiger partial charge < -0.3 is 0 Å². The lowest BCUT2D eigenvalue weighted by atomic mass is 10.3. The van der Waals surface area contributed by atoms with Crippen LogP contribution in [0.3, 0.4) is 0 Å². The van der Waals surface area contributed by atoms with E-state index < -0.39 is 0 Å². The van der Waals surface area contributed by atoms with Crippen molar-refractivity contribution in [1.82, 2.24) is 30.0 Å². The molecule has 0 atom stereocenters. The van der Waals surface area contributed by atoms with Crippen LogP contribution in [0.4, 0.5) is 0 Å². The minimum Gasteiger partial charge on any atom is -0.221 e. The van der Waals surface area contributed by atoms with Gasteiger partial charge >= 0.3 is 0 Å². The molecule has 1 aromatic carbocycles. The van der Waals surface area contributed by atoms with Gasteiger partial charge in [0.2, 0.25) is 5.82 Å².